The number of carbonyl (C=O) groups is 1. The van der Waals surface area contributed by atoms with Crippen LogP contribution in [0.3, 0.4) is 0 Å². The molecule has 3 rings (SSSR count). The van der Waals surface area contributed by atoms with Crippen LogP contribution in [0.1, 0.15) is 22.2 Å². The average molecular weight is 362 g/mol. The van der Waals surface area contributed by atoms with E-state index in [1.807, 2.05) is 12.1 Å². The van der Waals surface area contributed by atoms with Crippen molar-refractivity contribution < 1.29 is 13.2 Å². The number of rotatable bonds is 5. The van der Waals surface area contributed by atoms with E-state index in [9.17, 15) is 13.2 Å². The van der Waals surface area contributed by atoms with Gasteiger partial charge >= 0.3 is 0 Å². The Labute approximate surface area is 145 Å². The molecule has 0 amide bonds. The van der Waals surface area contributed by atoms with E-state index in [2.05, 4.69) is 11.9 Å². The van der Waals surface area contributed by atoms with Gasteiger partial charge in [0.2, 0.25) is 10.0 Å². The van der Waals surface area contributed by atoms with E-state index in [4.69, 9.17) is 0 Å². The second kappa shape index (κ2) is 6.16. The number of hydrogen-bond donors (Lipinski definition) is 1. The fourth-order valence-electron chi connectivity index (χ4n) is 2.58. The largest absolute Gasteiger partial charge is 0.353 e. The normalized spacial score (nSPS) is 12.2. The Morgan fingerprint density at radius 1 is 1.21 bits per heavy atom. The predicted octanol–water partition coefficient (Wildman–Crippen LogP) is 3.52. The second-order valence-electron chi connectivity index (χ2n) is 5.65. The highest BCUT2D eigenvalue weighted by atomic mass is 32.2. The van der Waals surface area contributed by atoms with Crippen molar-refractivity contribution in [1.29, 1.82) is 0 Å². The van der Waals surface area contributed by atoms with Crippen molar-refractivity contribution in [3.8, 4) is 10.6 Å². The summed E-state index contributed by atoms with van der Waals surface area (Å²) in [5.41, 5.74) is 1.98. The maximum atomic E-state index is 12.3. The minimum Gasteiger partial charge on any atom is -0.353 e. The molecule has 5 nitrogen and oxygen atoms in total. The molecular formula is C17H18N2O3S2. The monoisotopic (exact) mass is 362 g/mol. The van der Waals surface area contributed by atoms with Crippen molar-refractivity contribution >= 4 is 38.5 Å². The lowest BCUT2D eigenvalue weighted by molar-refractivity contribution is 0.112. The molecule has 0 atom stereocenters. The van der Waals surface area contributed by atoms with E-state index >= 15 is 0 Å². The van der Waals surface area contributed by atoms with Crippen LogP contribution in [0.5, 0.6) is 0 Å². The standard InChI is InChI=1S/C17H18N2O3S2/c1-4-11-5-8-16(23-11)17-14(10-20)13-9-12(6-7-15(13)18-17)24(21,22)19(2)3/h5-10,18H,4H2,1-3H3. The third-order valence-electron chi connectivity index (χ3n) is 3.96. The van der Waals surface area contributed by atoms with Gasteiger partial charge in [-0.25, -0.2) is 12.7 Å². The summed E-state index contributed by atoms with van der Waals surface area (Å²) in [6.45, 7) is 2.08. The molecule has 2 heterocycles. The van der Waals surface area contributed by atoms with Crippen LogP contribution in [0.25, 0.3) is 21.5 Å². The summed E-state index contributed by atoms with van der Waals surface area (Å²) in [6, 6.07) is 8.85. The number of benzene rings is 1. The number of aromatic nitrogens is 1. The number of carbonyl (C=O) groups excluding carboxylic acids is 1. The first-order chi connectivity index (χ1) is 11.4. The van der Waals surface area contributed by atoms with Gasteiger partial charge < -0.3 is 4.98 Å². The maximum Gasteiger partial charge on any atom is 0.242 e. The molecule has 0 saturated heterocycles. The van der Waals surface area contributed by atoms with Crippen molar-refractivity contribution in [2.24, 2.45) is 0 Å². The molecule has 0 fully saturated rings. The van der Waals surface area contributed by atoms with Gasteiger partial charge in [-0.3, -0.25) is 4.79 Å². The van der Waals surface area contributed by atoms with E-state index < -0.39 is 10.0 Å². The average Bonchev–Trinajstić information content (AvgIpc) is 3.17. The maximum absolute atomic E-state index is 12.3. The molecule has 2 aromatic heterocycles. The third kappa shape index (κ3) is 2.68. The summed E-state index contributed by atoms with van der Waals surface area (Å²) in [4.78, 5) is 17.3. The molecule has 0 unspecified atom stereocenters. The van der Waals surface area contributed by atoms with Gasteiger partial charge in [-0.1, -0.05) is 6.92 Å². The van der Waals surface area contributed by atoms with Gasteiger partial charge in [-0.2, -0.15) is 0 Å². The summed E-state index contributed by atoms with van der Waals surface area (Å²) in [5, 5.41) is 0.620. The first kappa shape index (κ1) is 16.9. The van der Waals surface area contributed by atoms with E-state index in [-0.39, 0.29) is 4.90 Å². The van der Waals surface area contributed by atoms with Gasteiger partial charge in [-0.15, -0.1) is 11.3 Å². The predicted molar refractivity (Wildman–Crippen MR) is 97.3 cm³/mol. The van der Waals surface area contributed by atoms with Gasteiger partial charge in [0.05, 0.1) is 15.5 Å². The highest BCUT2D eigenvalue weighted by Gasteiger charge is 2.20. The van der Waals surface area contributed by atoms with Crippen molar-refractivity contribution in [2.75, 3.05) is 14.1 Å². The molecule has 1 aromatic carbocycles. The van der Waals surface area contributed by atoms with E-state index in [1.54, 1.807) is 29.5 Å². The van der Waals surface area contributed by atoms with Crippen LogP contribution in [0.2, 0.25) is 0 Å². The van der Waals surface area contributed by atoms with Gasteiger partial charge in [0.1, 0.15) is 0 Å². The quantitative estimate of drug-likeness (QED) is 0.706. The Morgan fingerprint density at radius 2 is 1.96 bits per heavy atom. The zero-order valence-corrected chi connectivity index (χ0v) is 15.3. The number of aldehydes is 1. The van der Waals surface area contributed by atoms with Crippen molar-refractivity contribution in [2.45, 2.75) is 18.2 Å². The number of hydrogen-bond acceptors (Lipinski definition) is 4. The fourth-order valence-corrected chi connectivity index (χ4v) is 4.47. The highest BCUT2D eigenvalue weighted by Crippen LogP contribution is 2.34. The summed E-state index contributed by atoms with van der Waals surface area (Å²) < 4.78 is 25.8. The van der Waals surface area contributed by atoms with Crippen LogP contribution in [-0.4, -0.2) is 38.1 Å². The van der Waals surface area contributed by atoms with E-state index in [0.717, 1.165) is 33.1 Å². The number of thiophene rings is 1. The molecule has 0 aliphatic rings. The molecule has 0 aliphatic heterocycles. The number of nitrogens with zero attached hydrogens (tertiary/aromatic N) is 1. The molecule has 1 N–H and O–H groups in total. The molecule has 0 saturated carbocycles. The van der Waals surface area contributed by atoms with Crippen molar-refractivity contribution in [1.82, 2.24) is 9.29 Å². The number of H-pyrrole nitrogens is 1. The lowest BCUT2D eigenvalue weighted by Crippen LogP contribution is -2.22. The van der Waals surface area contributed by atoms with E-state index in [0.29, 0.717) is 10.9 Å². The number of nitrogens with one attached hydrogen (secondary N) is 1. The second-order valence-corrected chi connectivity index (χ2v) is 8.97. The zero-order chi connectivity index (χ0) is 17.5. The Hall–Kier alpha value is -1.96. The number of aryl methyl sites for hydroxylation is 1. The van der Waals surface area contributed by atoms with Gasteiger partial charge in [0.15, 0.2) is 6.29 Å². The van der Waals surface area contributed by atoms with Crippen LogP contribution >= 0.6 is 11.3 Å². The summed E-state index contributed by atoms with van der Waals surface area (Å²) in [5.74, 6) is 0. The minimum absolute atomic E-state index is 0.175. The van der Waals surface area contributed by atoms with Crippen LogP contribution < -0.4 is 0 Å². The fraction of sp³-hybridized carbons (Fsp3) is 0.235. The van der Waals surface area contributed by atoms with E-state index in [1.165, 1.54) is 19.0 Å². The lowest BCUT2D eigenvalue weighted by Gasteiger charge is -2.11. The van der Waals surface area contributed by atoms with Crippen molar-refractivity contribution in [3.05, 3.63) is 40.8 Å². The topological polar surface area (TPSA) is 70.2 Å². The molecule has 126 valence electrons. The number of fused-ring (bicyclic) bond motifs is 1. The molecule has 0 bridgehead atoms. The first-order valence-corrected chi connectivity index (χ1v) is 9.76. The Kier molecular flexibility index (Phi) is 4.33. The minimum atomic E-state index is -3.54. The molecule has 0 radical (unpaired) electrons. The Bertz CT molecular complexity index is 1010. The highest BCUT2D eigenvalue weighted by molar-refractivity contribution is 7.89. The molecular weight excluding hydrogens is 344 g/mol. The van der Waals surface area contributed by atoms with Gasteiger partial charge in [0.25, 0.3) is 0 Å². The van der Waals surface area contributed by atoms with Crippen LogP contribution in [-0.2, 0) is 16.4 Å². The Balaban J connectivity index is 2.22. The first-order valence-electron chi connectivity index (χ1n) is 7.51. The Morgan fingerprint density at radius 3 is 2.54 bits per heavy atom. The molecule has 24 heavy (non-hydrogen) atoms. The zero-order valence-electron chi connectivity index (χ0n) is 13.7. The SMILES string of the molecule is CCc1ccc(-c2[nH]c3ccc(S(=O)(=O)N(C)C)cc3c2C=O)s1. The molecule has 0 spiro atoms. The van der Waals surface area contributed by atoms with Gasteiger partial charge in [0, 0.05) is 35.4 Å². The lowest BCUT2D eigenvalue weighted by atomic mass is 10.1. The molecule has 7 heteroatoms. The number of aromatic amines is 1. The van der Waals surface area contributed by atoms with Crippen LogP contribution in [0, 0.1) is 0 Å². The van der Waals surface area contributed by atoms with Crippen LogP contribution in [0.4, 0.5) is 0 Å². The van der Waals surface area contributed by atoms with Crippen LogP contribution in [0.15, 0.2) is 35.2 Å². The molecule has 0 aliphatic carbocycles. The van der Waals surface area contributed by atoms with Gasteiger partial charge in [-0.05, 0) is 36.8 Å². The van der Waals surface area contributed by atoms with Crippen molar-refractivity contribution in [3.63, 3.8) is 0 Å². The summed E-state index contributed by atoms with van der Waals surface area (Å²) in [6.07, 6.45) is 1.72. The molecule has 3 aromatic rings. The summed E-state index contributed by atoms with van der Waals surface area (Å²) in [7, 11) is -0.569. The summed E-state index contributed by atoms with van der Waals surface area (Å²) >= 11 is 1.63. The number of sulfonamides is 1. The smallest absolute Gasteiger partial charge is 0.242 e. The third-order valence-corrected chi connectivity index (χ3v) is 7.02.